The maximum absolute atomic E-state index is 11.9. The van der Waals surface area contributed by atoms with Gasteiger partial charge in [-0.15, -0.1) is 0 Å². The molecule has 1 N–H and O–H groups in total. The van der Waals surface area contributed by atoms with Gasteiger partial charge in [0.25, 0.3) is 0 Å². The Kier molecular flexibility index (Phi) is 6.21. The van der Waals surface area contributed by atoms with Gasteiger partial charge in [0.2, 0.25) is 5.91 Å². The van der Waals surface area contributed by atoms with E-state index >= 15 is 0 Å². The number of rotatable bonds is 7. The fourth-order valence-corrected chi connectivity index (χ4v) is 1.47. The van der Waals surface area contributed by atoms with Gasteiger partial charge in [0.05, 0.1) is 19.6 Å². The Bertz CT molecular complexity index is 330. The molecule has 0 atom stereocenters. The third-order valence-electron chi connectivity index (χ3n) is 2.37. The average molecular weight is 238 g/mol. The first-order chi connectivity index (χ1) is 8.27. The van der Waals surface area contributed by atoms with E-state index in [1.54, 1.807) is 30.5 Å². The van der Waals surface area contributed by atoms with Gasteiger partial charge in [0, 0.05) is 32.6 Å². The molecule has 0 aliphatic carbocycles. The Balaban J connectivity index is 2.52. The third-order valence-corrected chi connectivity index (χ3v) is 2.37. The van der Waals surface area contributed by atoms with Crippen LogP contribution in [0.4, 0.5) is 0 Å². The minimum atomic E-state index is -0.0392. The van der Waals surface area contributed by atoms with Gasteiger partial charge in [0.1, 0.15) is 0 Å². The zero-order valence-electron chi connectivity index (χ0n) is 10.0. The van der Waals surface area contributed by atoms with Crippen molar-refractivity contribution >= 4 is 5.91 Å². The maximum atomic E-state index is 11.9. The summed E-state index contributed by atoms with van der Waals surface area (Å²) in [6.45, 7) is 1.26. The third kappa shape index (κ3) is 4.93. The van der Waals surface area contributed by atoms with Gasteiger partial charge in [-0.2, -0.15) is 0 Å². The first-order valence-corrected chi connectivity index (χ1v) is 5.54. The van der Waals surface area contributed by atoms with E-state index in [4.69, 9.17) is 9.84 Å². The van der Waals surface area contributed by atoms with Crippen LogP contribution in [0.1, 0.15) is 5.56 Å². The molecule has 5 nitrogen and oxygen atoms in total. The molecule has 1 aromatic rings. The number of amides is 1. The highest BCUT2D eigenvalue weighted by Crippen LogP contribution is 2.01. The highest BCUT2D eigenvalue weighted by molar-refractivity contribution is 5.78. The van der Waals surface area contributed by atoms with Crippen molar-refractivity contribution in [2.75, 3.05) is 33.4 Å². The summed E-state index contributed by atoms with van der Waals surface area (Å²) in [6.07, 6.45) is 3.65. The molecule has 5 heteroatoms. The molecule has 0 aliphatic heterocycles. The molecule has 1 amide bonds. The minimum Gasteiger partial charge on any atom is -0.395 e. The summed E-state index contributed by atoms with van der Waals surface area (Å²) in [6, 6.07) is 3.66. The Morgan fingerprint density at radius 1 is 1.53 bits per heavy atom. The molecule has 0 aliphatic rings. The van der Waals surface area contributed by atoms with Crippen molar-refractivity contribution in [3.63, 3.8) is 0 Å². The molecule has 0 aromatic carbocycles. The number of aliphatic hydroxyl groups excluding tert-OH is 1. The van der Waals surface area contributed by atoms with Crippen LogP contribution in [0.3, 0.4) is 0 Å². The van der Waals surface area contributed by atoms with E-state index < -0.39 is 0 Å². The lowest BCUT2D eigenvalue weighted by Crippen LogP contribution is -2.37. The van der Waals surface area contributed by atoms with E-state index in [9.17, 15) is 4.79 Å². The summed E-state index contributed by atoms with van der Waals surface area (Å²) in [5, 5.41) is 8.90. The molecule has 0 saturated heterocycles. The van der Waals surface area contributed by atoms with E-state index in [2.05, 4.69) is 4.98 Å². The van der Waals surface area contributed by atoms with Gasteiger partial charge in [-0.25, -0.2) is 0 Å². The van der Waals surface area contributed by atoms with Crippen molar-refractivity contribution in [2.45, 2.75) is 6.42 Å². The van der Waals surface area contributed by atoms with Gasteiger partial charge < -0.3 is 14.7 Å². The van der Waals surface area contributed by atoms with Gasteiger partial charge in [-0.05, 0) is 11.6 Å². The number of carbonyl (C=O) groups is 1. The largest absolute Gasteiger partial charge is 0.395 e. The summed E-state index contributed by atoms with van der Waals surface area (Å²) >= 11 is 0. The lowest BCUT2D eigenvalue weighted by molar-refractivity contribution is -0.131. The molecule has 1 heterocycles. The van der Waals surface area contributed by atoms with E-state index in [1.165, 1.54) is 0 Å². The summed E-state index contributed by atoms with van der Waals surface area (Å²) < 4.78 is 4.93. The number of pyridine rings is 1. The van der Waals surface area contributed by atoms with Crippen LogP contribution in [-0.2, 0) is 16.0 Å². The Morgan fingerprint density at radius 2 is 2.35 bits per heavy atom. The van der Waals surface area contributed by atoms with Crippen LogP contribution in [-0.4, -0.2) is 54.3 Å². The minimum absolute atomic E-state index is 0.0240. The van der Waals surface area contributed by atoms with Crippen LogP contribution in [0.15, 0.2) is 24.5 Å². The van der Waals surface area contributed by atoms with Crippen molar-refractivity contribution in [3.05, 3.63) is 30.1 Å². The molecule has 17 heavy (non-hydrogen) atoms. The van der Waals surface area contributed by atoms with E-state index in [-0.39, 0.29) is 12.5 Å². The molecule has 0 fully saturated rings. The fourth-order valence-electron chi connectivity index (χ4n) is 1.47. The lowest BCUT2D eigenvalue weighted by Gasteiger charge is -2.21. The number of aromatic nitrogens is 1. The van der Waals surface area contributed by atoms with Gasteiger partial charge in [-0.3, -0.25) is 9.78 Å². The Hall–Kier alpha value is -1.46. The molecule has 0 radical (unpaired) electrons. The predicted octanol–water partition coefficient (Wildman–Crippen LogP) is 0.0914. The highest BCUT2D eigenvalue weighted by Gasteiger charge is 2.13. The zero-order chi connectivity index (χ0) is 12.5. The summed E-state index contributed by atoms with van der Waals surface area (Å²) in [5.74, 6) is -0.0240. The summed E-state index contributed by atoms with van der Waals surface area (Å²) in [7, 11) is 1.59. The van der Waals surface area contributed by atoms with E-state index in [0.29, 0.717) is 26.1 Å². The number of aliphatic hydroxyl groups is 1. The molecule has 1 rings (SSSR count). The molecule has 0 unspecified atom stereocenters. The summed E-state index contributed by atoms with van der Waals surface area (Å²) in [5.41, 5.74) is 0.873. The van der Waals surface area contributed by atoms with Crippen molar-refractivity contribution in [1.29, 1.82) is 0 Å². The Labute approximate surface area is 101 Å². The van der Waals surface area contributed by atoms with Crippen molar-refractivity contribution < 1.29 is 14.6 Å². The topological polar surface area (TPSA) is 62.7 Å². The van der Waals surface area contributed by atoms with Gasteiger partial charge >= 0.3 is 0 Å². The molecule has 0 spiro atoms. The predicted molar refractivity (Wildman–Crippen MR) is 63.5 cm³/mol. The smallest absolute Gasteiger partial charge is 0.227 e. The van der Waals surface area contributed by atoms with Crippen molar-refractivity contribution in [1.82, 2.24) is 9.88 Å². The van der Waals surface area contributed by atoms with Crippen molar-refractivity contribution in [3.8, 4) is 0 Å². The van der Waals surface area contributed by atoms with Crippen LogP contribution in [0.25, 0.3) is 0 Å². The first-order valence-electron chi connectivity index (χ1n) is 5.54. The average Bonchev–Trinajstić information content (AvgIpc) is 2.35. The lowest BCUT2D eigenvalue weighted by atomic mass is 10.2. The van der Waals surface area contributed by atoms with Gasteiger partial charge in [0.15, 0.2) is 0 Å². The second-order valence-electron chi connectivity index (χ2n) is 3.64. The van der Waals surface area contributed by atoms with Crippen LogP contribution < -0.4 is 0 Å². The molecule has 0 bridgehead atoms. The second kappa shape index (κ2) is 7.76. The van der Waals surface area contributed by atoms with E-state index in [0.717, 1.165) is 5.56 Å². The normalized spacial score (nSPS) is 10.2. The number of nitrogens with zero attached hydrogens (tertiary/aromatic N) is 2. The number of hydrogen-bond acceptors (Lipinski definition) is 4. The fraction of sp³-hybridized carbons (Fsp3) is 0.500. The molecule has 94 valence electrons. The SMILES string of the molecule is COCCN(CCO)C(=O)Cc1cccnc1. The number of hydrogen-bond donors (Lipinski definition) is 1. The van der Waals surface area contributed by atoms with Crippen LogP contribution in [0.2, 0.25) is 0 Å². The number of carbonyl (C=O) groups excluding carboxylic acids is 1. The van der Waals surface area contributed by atoms with Crippen LogP contribution in [0.5, 0.6) is 0 Å². The summed E-state index contributed by atoms with van der Waals surface area (Å²) in [4.78, 5) is 17.5. The monoisotopic (exact) mass is 238 g/mol. The first kappa shape index (κ1) is 13.6. The Morgan fingerprint density at radius 3 is 2.94 bits per heavy atom. The molecular weight excluding hydrogens is 220 g/mol. The second-order valence-corrected chi connectivity index (χ2v) is 3.64. The highest BCUT2D eigenvalue weighted by atomic mass is 16.5. The molecular formula is C12H18N2O3. The maximum Gasteiger partial charge on any atom is 0.227 e. The number of methoxy groups -OCH3 is 1. The molecule has 1 aromatic heterocycles. The quantitative estimate of drug-likeness (QED) is 0.731. The van der Waals surface area contributed by atoms with E-state index in [1.807, 2.05) is 6.07 Å². The van der Waals surface area contributed by atoms with Crippen LogP contribution in [0, 0.1) is 0 Å². The van der Waals surface area contributed by atoms with Gasteiger partial charge in [-0.1, -0.05) is 6.07 Å². The molecule has 0 saturated carbocycles. The standard InChI is InChI=1S/C12H18N2O3/c1-17-8-6-14(5-7-15)12(16)9-11-3-2-4-13-10-11/h2-4,10,15H,5-9H2,1H3. The zero-order valence-corrected chi connectivity index (χ0v) is 10.0. The number of ether oxygens (including phenoxy) is 1. The van der Waals surface area contributed by atoms with Crippen LogP contribution >= 0.6 is 0 Å². The van der Waals surface area contributed by atoms with Crippen molar-refractivity contribution in [2.24, 2.45) is 0 Å².